The summed E-state index contributed by atoms with van der Waals surface area (Å²) in [7, 11) is 0. The third kappa shape index (κ3) is 3.61. The van der Waals surface area contributed by atoms with E-state index in [9.17, 15) is 9.90 Å². The summed E-state index contributed by atoms with van der Waals surface area (Å²) in [5.74, 6) is -0.448. The maximum Gasteiger partial charge on any atom is 0.227 e. The molecule has 5 heteroatoms. The maximum atomic E-state index is 12.6. The first-order valence-corrected chi connectivity index (χ1v) is 9.62. The molecule has 1 aromatic heterocycles. The van der Waals surface area contributed by atoms with Crippen LogP contribution in [0.25, 0.3) is 21.8 Å². The Kier molecular flexibility index (Phi) is 5.07. The maximum absolute atomic E-state index is 12.6. The highest BCUT2D eigenvalue weighted by Gasteiger charge is 2.18. The van der Waals surface area contributed by atoms with Gasteiger partial charge >= 0.3 is 0 Å². The van der Waals surface area contributed by atoms with Crippen LogP contribution in [0.5, 0.6) is 0 Å². The average Bonchev–Trinajstić information content (AvgIpc) is 3.08. The van der Waals surface area contributed by atoms with Crippen molar-refractivity contribution in [1.82, 2.24) is 10.3 Å². The molecule has 2 atom stereocenters. The Morgan fingerprint density at radius 2 is 1.79 bits per heavy atom. The molecule has 0 saturated carbocycles. The van der Waals surface area contributed by atoms with Gasteiger partial charge in [0, 0.05) is 33.4 Å². The van der Waals surface area contributed by atoms with E-state index >= 15 is 0 Å². The molecule has 0 bridgehead atoms. The highest BCUT2D eigenvalue weighted by molar-refractivity contribution is 6.31. The van der Waals surface area contributed by atoms with Crippen LogP contribution < -0.4 is 5.32 Å². The summed E-state index contributed by atoms with van der Waals surface area (Å²) in [6.45, 7) is 2.05. The molecular weight excluding hydrogens is 372 g/mol. The minimum absolute atomic E-state index is 0.117. The number of fused-ring (bicyclic) bond motifs is 3. The van der Waals surface area contributed by atoms with Crippen molar-refractivity contribution in [2.24, 2.45) is 0 Å². The topological polar surface area (TPSA) is 65.1 Å². The van der Waals surface area contributed by atoms with E-state index in [1.165, 1.54) is 0 Å². The van der Waals surface area contributed by atoms with Gasteiger partial charge in [-0.1, -0.05) is 54.1 Å². The Morgan fingerprint density at radius 1 is 1.00 bits per heavy atom. The van der Waals surface area contributed by atoms with Gasteiger partial charge in [0.25, 0.3) is 0 Å². The third-order valence-corrected chi connectivity index (χ3v) is 5.37. The summed E-state index contributed by atoms with van der Waals surface area (Å²) in [4.78, 5) is 16.0. The van der Waals surface area contributed by atoms with Crippen molar-refractivity contribution in [3.05, 3.63) is 82.9 Å². The van der Waals surface area contributed by atoms with Gasteiger partial charge in [0.15, 0.2) is 0 Å². The number of carbonyl (C=O) groups excluding carboxylic acids is 1. The number of aliphatic hydroxyl groups excluding tert-OH is 1. The van der Waals surface area contributed by atoms with E-state index in [0.29, 0.717) is 5.02 Å². The van der Waals surface area contributed by atoms with E-state index in [1.54, 1.807) is 0 Å². The van der Waals surface area contributed by atoms with Crippen molar-refractivity contribution in [1.29, 1.82) is 0 Å². The number of amides is 1. The van der Waals surface area contributed by atoms with Crippen LogP contribution in [0.15, 0.2) is 66.7 Å². The van der Waals surface area contributed by atoms with Gasteiger partial charge in [-0.15, -0.1) is 0 Å². The second kappa shape index (κ2) is 7.66. The van der Waals surface area contributed by atoms with Gasteiger partial charge < -0.3 is 15.4 Å². The fraction of sp³-hybridized carbons (Fsp3) is 0.174. The summed E-state index contributed by atoms with van der Waals surface area (Å²) < 4.78 is 0. The van der Waals surface area contributed by atoms with E-state index in [1.807, 2.05) is 73.7 Å². The van der Waals surface area contributed by atoms with Crippen LogP contribution in [0, 0.1) is 0 Å². The lowest BCUT2D eigenvalue weighted by molar-refractivity contribution is -0.122. The highest BCUT2D eigenvalue weighted by Crippen LogP contribution is 2.30. The van der Waals surface area contributed by atoms with Crippen molar-refractivity contribution in [3.63, 3.8) is 0 Å². The number of halogens is 1. The van der Waals surface area contributed by atoms with Gasteiger partial charge in [-0.05, 0) is 42.3 Å². The number of carbonyl (C=O) groups is 1. The third-order valence-electron chi connectivity index (χ3n) is 5.13. The second-order valence-corrected chi connectivity index (χ2v) is 7.45. The standard InChI is InChI=1S/C23H21ClN2O2/c1-14(23(28)25-13-22(27)15-5-3-2-4-6-15)16-7-9-18-19-12-17(24)8-10-20(19)26-21(18)11-16/h2-12,14,22,26-27H,13H2,1H3,(H,25,28)/t14-,22-/m0/s1. The van der Waals surface area contributed by atoms with E-state index in [-0.39, 0.29) is 18.4 Å². The Labute approximate surface area is 168 Å². The van der Waals surface area contributed by atoms with Crippen LogP contribution in [0.1, 0.15) is 30.1 Å². The molecule has 0 radical (unpaired) electrons. The Hall–Kier alpha value is -2.82. The first kappa shape index (κ1) is 18.5. The van der Waals surface area contributed by atoms with Crippen LogP contribution in [0.3, 0.4) is 0 Å². The predicted molar refractivity (Wildman–Crippen MR) is 114 cm³/mol. The fourth-order valence-corrected chi connectivity index (χ4v) is 3.63. The zero-order valence-electron chi connectivity index (χ0n) is 15.4. The van der Waals surface area contributed by atoms with E-state index in [0.717, 1.165) is 32.9 Å². The molecule has 0 aliphatic rings. The van der Waals surface area contributed by atoms with Crippen molar-refractivity contribution in [3.8, 4) is 0 Å². The zero-order valence-corrected chi connectivity index (χ0v) is 16.2. The number of H-pyrrole nitrogens is 1. The van der Waals surface area contributed by atoms with Crippen LogP contribution in [0.4, 0.5) is 0 Å². The summed E-state index contributed by atoms with van der Waals surface area (Å²) in [6.07, 6.45) is -0.724. The normalized spacial score (nSPS) is 13.5. The van der Waals surface area contributed by atoms with Crippen LogP contribution >= 0.6 is 11.6 Å². The summed E-state index contributed by atoms with van der Waals surface area (Å²) >= 11 is 6.12. The van der Waals surface area contributed by atoms with Crippen molar-refractivity contribution >= 4 is 39.3 Å². The average molecular weight is 393 g/mol. The molecule has 4 nitrogen and oxygen atoms in total. The highest BCUT2D eigenvalue weighted by atomic mass is 35.5. The number of hydrogen-bond acceptors (Lipinski definition) is 2. The Morgan fingerprint density at radius 3 is 2.57 bits per heavy atom. The molecule has 0 aliphatic carbocycles. The lowest BCUT2D eigenvalue weighted by Gasteiger charge is -2.16. The van der Waals surface area contributed by atoms with Crippen molar-refractivity contribution < 1.29 is 9.90 Å². The molecule has 1 heterocycles. The molecule has 3 N–H and O–H groups in total. The number of aliphatic hydroxyl groups is 1. The van der Waals surface area contributed by atoms with E-state index < -0.39 is 6.10 Å². The van der Waals surface area contributed by atoms with Crippen molar-refractivity contribution in [2.75, 3.05) is 6.54 Å². The summed E-state index contributed by atoms with van der Waals surface area (Å²) in [6, 6.07) is 21.1. The molecule has 3 aromatic carbocycles. The molecule has 28 heavy (non-hydrogen) atoms. The molecule has 0 unspecified atom stereocenters. The number of rotatable bonds is 5. The molecule has 0 aliphatic heterocycles. The minimum atomic E-state index is -0.724. The number of nitrogens with one attached hydrogen (secondary N) is 2. The van der Waals surface area contributed by atoms with Crippen LogP contribution in [-0.4, -0.2) is 22.5 Å². The minimum Gasteiger partial charge on any atom is -0.387 e. The van der Waals surface area contributed by atoms with Gasteiger partial charge in [0.1, 0.15) is 0 Å². The molecule has 1 amide bonds. The quantitative estimate of drug-likeness (QED) is 0.451. The van der Waals surface area contributed by atoms with Gasteiger partial charge in [-0.25, -0.2) is 0 Å². The number of aromatic amines is 1. The monoisotopic (exact) mass is 392 g/mol. The largest absolute Gasteiger partial charge is 0.387 e. The Bertz CT molecular complexity index is 1140. The van der Waals surface area contributed by atoms with Gasteiger partial charge in [0.05, 0.1) is 12.0 Å². The molecule has 0 saturated heterocycles. The number of benzene rings is 3. The smallest absolute Gasteiger partial charge is 0.227 e. The molecule has 0 fully saturated rings. The predicted octanol–water partition coefficient (Wildman–Crippen LogP) is 4.93. The van der Waals surface area contributed by atoms with Crippen LogP contribution in [0.2, 0.25) is 5.02 Å². The lowest BCUT2D eigenvalue weighted by Crippen LogP contribution is -2.31. The summed E-state index contributed by atoms with van der Waals surface area (Å²) in [5.41, 5.74) is 3.68. The van der Waals surface area contributed by atoms with E-state index in [4.69, 9.17) is 11.6 Å². The SMILES string of the molecule is C[C@H](C(=O)NC[C@H](O)c1ccccc1)c1ccc2c(c1)[nH]c1ccc(Cl)cc12. The molecule has 4 aromatic rings. The molecular formula is C23H21ClN2O2. The van der Waals surface area contributed by atoms with Gasteiger partial charge in [-0.3, -0.25) is 4.79 Å². The fourth-order valence-electron chi connectivity index (χ4n) is 3.46. The first-order chi connectivity index (χ1) is 13.5. The second-order valence-electron chi connectivity index (χ2n) is 7.01. The zero-order chi connectivity index (χ0) is 19.7. The van der Waals surface area contributed by atoms with Crippen molar-refractivity contribution in [2.45, 2.75) is 18.9 Å². The number of hydrogen-bond donors (Lipinski definition) is 3. The van der Waals surface area contributed by atoms with Crippen LogP contribution in [-0.2, 0) is 4.79 Å². The Balaban J connectivity index is 1.50. The first-order valence-electron chi connectivity index (χ1n) is 9.24. The van der Waals surface area contributed by atoms with E-state index in [2.05, 4.69) is 10.3 Å². The molecule has 4 rings (SSSR count). The lowest BCUT2D eigenvalue weighted by atomic mass is 9.98. The molecule has 142 valence electrons. The van der Waals surface area contributed by atoms with Gasteiger partial charge in [0.2, 0.25) is 5.91 Å². The summed E-state index contributed by atoms with van der Waals surface area (Å²) in [5, 5.41) is 15.9. The molecule has 0 spiro atoms. The number of aromatic nitrogens is 1. The van der Waals surface area contributed by atoms with Gasteiger partial charge in [-0.2, -0.15) is 0 Å².